The van der Waals surface area contributed by atoms with Crippen LogP contribution in [0.3, 0.4) is 0 Å². The molecule has 0 aliphatic heterocycles. The van der Waals surface area contributed by atoms with Gasteiger partial charge in [-0.05, 0) is 44.2 Å². The molecule has 0 amide bonds. The number of carbonyl (C=O) groups excluding carboxylic acids is 1. The minimum absolute atomic E-state index is 0.126. The van der Waals surface area contributed by atoms with Gasteiger partial charge in [-0.3, -0.25) is 9.59 Å². The zero-order valence-corrected chi connectivity index (χ0v) is 14.2. The monoisotopic (exact) mass is 329 g/mol. The van der Waals surface area contributed by atoms with Gasteiger partial charge in [0.15, 0.2) is 5.78 Å². The zero-order chi connectivity index (χ0) is 17.9. The maximum Gasteiger partial charge on any atom is 0.267 e. The van der Waals surface area contributed by atoms with Gasteiger partial charge in [0.1, 0.15) is 5.82 Å². The molecule has 1 aromatic heterocycles. The van der Waals surface area contributed by atoms with Crippen LogP contribution < -0.4 is 5.56 Å². The van der Waals surface area contributed by atoms with Gasteiger partial charge in [0.2, 0.25) is 0 Å². The van der Waals surface area contributed by atoms with Gasteiger partial charge in [0.05, 0.1) is 17.3 Å². The summed E-state index contributed by atoms with van der Waals surface area (Å²) >= 11 is 0. The third-order valence-corrected chi connectivity index (χ3v) is 3.33. The lowest BCUT2D eigenvalue weighted by molar-refractivity contribution is 0.105. The summed E-state index contributed by atoms with van der Waals surface area (Å²) in [6.07, 6.45) is 1.64. The molecule has 24 heavy (non-hydrogen) atoms. The molecule has 0 spiro atoms. The highest BCUT2D eigenvalue weighted by Crippen LogP contribution is 2.19. The van der Waals surface area contributed by atoms with Crippen molar-refractivity contribution >= 4 is 11.4 Å². The molecule has 0 atom stereocenters. The van der Waals surface area contributed by atoms with Gasteiger partial charge in [-0.15, -0.1) is 0 Å². The van der Waals surface area contributed by atoms with Gasteiger partial charge in [-0.2, -0.15) is 5.10 Å². The largest absolute Gasteiger partial charge is 0.383 e. The Kier molecular flexibility index (Phi) is 5.28. The molecule has 1 aromatic carbocycles. The van der Waals surface area contributed by atoms with Crippen LogP contribution in [0.1, 0.15) is 35.9 Å². The number of Topliss-reactive ketones (excluding diaryl/α,β-unsaturated/α-hetero) is 1. The van der Waals surface area contributed by atoms with E-state index in [-0.39, 0.29) is 17.4 Å². The average Bonchev–Trinajstić information content (AvgIpc) is 2.53. The van der Waals surface area contributed by atoms with Crippen molar-refractivity contribution in [2.75, 3.05) is 14.1 Å². The van der Waals surface area contributed by atoms with Crippen molar-refractivity contribution < 1.29 is 9.18 Å². The molecule has 2 aromatic rings. The van der Waals surface area contributed by atoms with Gasteiger partial charge in [-0.25, -0.2) is 9.07 Å². The maximum absolute atomic E-state index is 13.1. The topological polar surface area (TPSA) is 55.2 Å². The van der Waals surface area contributed by atoms with Crippen LogP contribution in [0.25, 0.3) is 5.57 Å². The molecule has 0 aliphatic carbocycles. The van der Waals surface area contributed by atoms with Gasteiger partial charge < -0.3 is 4.90 Å². The molecule has 6 heteroatoms. The molecule has 0 unspecified atom stereocenters. The summed E-state index contributed by atoms with van der Waals surface area (Å²) in [7, 11) is 3.58. The minimum atomic E-state index is -0.406. The molecule has 0 radical (unpaired) electrons. The van der Waals surface area contributed by atoms with Crippen molar-refractivity contribution in [3.8, 4) is 0 Å². The van der Waals surface area contributed by atoms with Crippen molar-refractivity contribution in [3.05, 3.63) is 70.0 Å². The number of hydrogen-bond acceptors (Lipinski definition) is 4. The lowest BCUT2D eigenvalue weighted by atomic mass is 10.0. The second kappa shape index (κ2) is 7.21. The number of carbonyl (C=O) groups is 1. The lowest BCUT2D eigenvalue weighted by Gasteiger charge is -2.14. The molecular weight excluding hydrogens is 309 g/mol. The lowest BCUT2D eigenvalue weighted by Crippen LogP contribution is -2.25. The third kappa shape index (κ3) is 3.95. The predicted molar refractivity (Wildman–Crippen MR) is 91.3 cm³/mol. The number of hydrogen-bond donors (Lipinski definition) is 0. The van der Waals surface area contributed by atoms with Crippen molar-refractivity contribution in [3.63, 3.8) is 0 Å². The molecule has 2 rings (SSSR count). The van der Waals surface area contributed by atoms with E-state index in [1.165, 1.54) is 41.1 Å². The Morgan fingerprint density at radius 1 is 1.17 bits per heavy atom. The van der Waals surface area contributed by atoms with Gasteiger partial charge >= 0.3 is 0 Å². The van der Waals surface area contributed by atoms with E-state index in [4.69, 9.17) is 0 Å². The molecule has 0 saturated carbocycles. The van der Waals surface area contributed by atoms with Crippen molar-refractivity contribution in [1.82, 2.24) is 14.7 Å². The SMILES string of the molecule is CC(C)n1nc(/C(=C/N(C)C)C(=O)c2ccc(F)cc2)ccc1=O. The second-order valence-electron chi connectivity index (χ2n) is 5.94. The Labute approximate surface area is 140 Å². The summed E-state index contributed by atoms with van der Waals surface area (Å²) in [6, 6.07) is 8.13. The van der Waals surface area contributed by atoms with Crippen LogP contribution >= 0.6 is 0 Å². The average molecular weight is 329 g/mol. The van der Waals surface area contributed by atoms with Crippen molar-refractivity contribution in [2.45, 2.75) is 19.9 Å². The Bertz CT molecular complexity index is 821. The van der Waals surface area contributed by atoms with E-state index < -0.39 is 5.82 Å². The van der Waals surface area contributed by atoms with E-state index in [0.717, 1.165) is 0 Å². The predicted octanol–water partition coefficient (Wildman–Crippen LogP) is 2.75. The fraction of sp³-hybridized carbons (Fsp3) is 0.278. The van der Waals surface area contributed by atoms with E-state index in [0.29, 0.717) is 16.8 Å². The Balaban J connectivity index is 2.54. The van der Waals surface area contributed by atoms with E-state index in [1.54, 1.807) is 25.2 Å². The first-order valence-corrected chi connectivity index (χ1v) is 7.58. The molecule has 0 N–H and O–H groups in total. The molecule has 0 fully saturated rings. The van der Waals surface area contributed by atoms with Gasteiger partial charge in [0.25, 0.3) is 5.56 Å². The highest BCUT2D eigenvalue weighted by atomic mass is 19.1. The van der Waals surface area contributed by atoms with E-state index in [1.807, 2.05) is 13.8 Å². The first-order chi connectivity index (χ1) is 11.3. The standard InChI is InChI=1S/C18H20FN3O2/c1-12(2)22-17(23)10-9-16(20-22)15(11-21(3)4)18(24)13-5-7-14(19)8-6-13/h5-12H,1-4H3/b15-11-. The summed E-state index contributed by atoms with van der Waals surface area (Å²) in [5.41, 5.74) is 0.855. The Hall–Kier alpha value is -2.76. The van der Waals surface area contributed by atoms with Gasteiger partial charge in [0, 0.05) is 31.9 Å². The Morgan fingerprint density at radius 3 is 2.33 bits per heavy atom. The fourth-order valence-corrected chi connectivity index (χ4v) is 2.19. The van der Waals surface area contributed by atoms with Crippen LogP contribution in [0.2, 0.25) is 0 Å². The highest BCUT2D eigenvalue weighted by Gasteiger charge is 2.18. The van der Waals surface area contributed by atoms with Crippen molar-refractivity contribution in [1.29, 1.82) is 0 Å². The molecule has 0 aliphatic rings. The number of halogens is 1. The molecule has 126 valence electrons. The van der Waals surface area contributed by atoms with Crippen LogP contribution in [-0.2, 0) is 0 Å². The van der Waals surface area contributed by atoms with Crippen LogP contribution in [0.15, 0.2) is 47.4 Å². The molecule has 0 saturated heterocycles. The second-order valence-corrected chi connectivity index (χ2v) is 5.94. The van der Waals surface area contributed by atoms with Crippen LogP contribution in [0, 0.1) is 5.82 Å². The highest BCUT2D eigenvalue weighted by molar-refractivity contribution is 6.28. The minimum Gasteiger partial charge on any atom is -0.383 e. The number of allylic oxidation sites excluding steroid dienone is 1. The summed E-state index contributed by atoms with van der Waals surface area (Å²) in [5.74, 6) is -0.693. The summed E-state index contributed by atoms with van der Waals surface area (Å²) < 4.78 is 14.4. The summed E-state index contributed by atoms with van der Waals surface area (Å²) in [5, 5.41) is 4.30. The molecule has 5 nitrogen and oxygen atoms in total. The van der Waals surface area contributed by atoms with Crippen LogP contribution in [0.4, 0.5) is 4.39 Å². The van der Waals surface area contributed by atoms with Gasteiger partial charge in [-0.1, -0.05) is 0 Å². The molecule has 1 heterocycles. The fourth-order valence-electron chi connectivity index (χ4n) is 2.19. The zero-order valence-electron chi connectivity index (χ0n) is 14.2. The summed E-state index contributed by atoms with van der Waals surface area (Å²) in [6.45, 7) is 3.69. The van der Waals surface area contributed by atoms with Crippen molar-refractivity contribution in [2.24, 2.45) is 0 Å². The molecular formula is C18H20FN3O2. The first-order valence-electron chi connectivity index (χ1n) is 7.58. The number of aromatic nitrogens is 2. The van der Waals surface area contributed by atoms with E-state index in [2.05, 4.69) is 5.10 Å². The number of nitrogens with zero attached hydrogens (tertiary/aromatic N) is 3. The molecule has 0 bridgehead atoms. The quantitative estimate of drug-likeness (QED) is 0.625. The summed E-state index contributed by atoms with van der Waals surface area (Å²) in [4.78, 5) is 26.4. The van der Waals surface area contributed by atoms with E-state index in [9.17, 15) is 14.0 Å². The third-order valence-electron chi connectivity index (χ3n) is 3.33. The number of rotatable bonds is 5. The first kappa shape index (κ1) is 17.6. The normalized spacial score (nSPS) is 11.7. The van der Waals surface area contributed by atoms with Crippen LogP contribution in [0.5, 0.6) is 0 Å². The number of ketones is 1. The Morgan fingerprint density at radius 2 is 1.79 bits per heavy atom. The number of benzene rings is 1. The smallest absolute Gasteiger partial charge is 0.267 e. The van der Waals surface area contributed by atoms with E-state index >= 15 is 0 Å². The van der Waals surface area contributed by atoms with Crippen LogP contribution in [-0.4, -0.2) is 34.6 Å². The maximum atomic E-state index is 13.1.